The van der Waals surface area contributed by atoms with E-state index in [9.17, 15) is 4.79 Å². The average Bonchev–Trinajstić information content (AvgIpc) is 3.07. The molecule has 2 aromatic carbocycles. The van der Waals surface area contributed by atoms with Crippen LogP contribution in [-0.2, 0) is 4.74 Å². The van der Waals surface area contributed by atoms with Gasteiger partial charge < -0.3 is 10.1 Å². The highest BCUT2D eigenvalue weighted by molar-refractivity contribution is 5.79. The Hall–Kier alpha value is -3.47. The van der Waals surface area contributed by atoms with Gasteiger partial charge in [0, 0.05) is 30.4 Å². The molecule has 1 N–H and O–H groups in total. The molecule has 0 bridgehead atoms. The van der Waals surface area contributed by atoms with Gasteiger partial charge in [0.2, 0.25) is 0 Å². The van der Waals surface area contributed by atoms with E-state index >= 15 is 0 Å². The summed E-state index contributed by atoms with van der Waals surface area (Å²) in [6.45, 7) is 0.845. The maximum Gasteiger partial charge on any atom is 0.407 e. The summed E-state index contributed by atoms with van der Waals surface area (Å²) in [5, 5.41) is 2.80. The molecule has 0 unspecified atom stereocenters. The molecule has 0 aliphatic heterocycles. The fourth-order valence-corrected chi connectivity index (χ4v) is 3.52. The zero-order valence-electron chi connectivity index (χ0n) is 15.4. The van der Waals surface area contributed by atoms with E-state index < -0.39 is 6.09 Å². The van der Waals surface area contributed by atoms with E-state index in [-0.39, 0.29) is 5.92 Å². The van der Waals surface area contributed by atoms with Gasteiger partial charge in [0.05, 0.1) is 0 Å². The van der Waals surface area contributed by atoms with Crippen LogP contribution in [0.15, 0.2) is 73.3 Å². The van der Waals surface area contributed by atoms with Gasteiger partial charge in [-0.1, -0.05) is 60.7 Å². The molecule has 0 radical (unpaired) electrons. The summed E-state index contributed by atoms with van der Waals surface area (Å²) >= 11 is 0. The minimum absolute atomic E-state index is 0.0797. The molecule has 1 aliphatic rings. The van der Waals surface area contributed by atoms with Crippen molar-refractivity contribution in [2.24, 2.45) is 0 Å². The van der Waals surface area contributed by atoms with Gasteiger partial charge >= 0.3 is 6.09 Å². The first kappa shape index (κ1) is 17.9. The predicted octanol–water partition coefficient (Wildman–Crippen LogP) is 4.42. The third-order valence-electron chi connectivity index (χ3n) is 4.81. The highest BCUT2D eigenvalue weighted by atomic mass is 16.5. The van der Waals surface area contributed by atoms with E-state index in [1.54, 1.807) is 12.4 Å². The number of ether oxygens (including phenoxy) is 1. The van der Waals surface area contributed by atoms with Crippen LogP contribution in [0.5, 0.6) is 0 Å². The molecule has 0 saturated carbocycles. The van der Waals surface area contributed by atoms with Crippen LogP contribution in [0.2, 0.25) is 0 Å². The van der Waals surface area contributed by atoms with Gasteiger partial charge in [-0.25, -0.2) is 14.8 Å². The van der Waals surface area contributed by atoms with Crippen LogP contribution >= 0.6 is 0 Å². The molecule has 4 rings (SSSR count). The summed E-state index contributed by atoms with van der Waals surface area (Å²) in [5.41, 5.74) is 5.81. The molecule has 5 nitrogen and oxygen atoms in total. The van der Waals surface area contributed by atoms with E-state index in [0.717, 1.165) is 5.56 Å². The molecular formula is C23H21N3O2. The van der Waals surface area contributed by atoms with E-state index in [0.29, 0.717) is 19.6 Å². The Morgan fingerprint density at radius 3 is 2.32 bits per heavy atom. The van der Waals surface area contributed by atoms with Crippen LogP contribution < -0.4 is 5.32 Å². The molecule has 1 aliphatic carbocycles. The van der Waals surface area contributed by atoms with Crippen molar-refractivity contribution in [3.8, 4) is 11.1 Å². The summed E-state index contributed by atoms with van der Waals surface area (Å²) < 4.78 is 5.51. The molecule has 0 atom stereocenters. The molecule has 1 aromatic heterocycles. The zero-order chi connectivity index (χ0) is 19.2. The predicted molar refractivity (Wildman–Crippen MR) is 109 cm³/mol. The third kappa shape index (κ3) is 3.93. The highest BCUT2D eigenvalue weighted by Crippen LogP contribution is 2.44. The monoisotopic (exact) mass is 371 g/mol. The van der Waals surface area contributed by atoms with Gasteiger partial charge in [0.15, 0.2) is 0 Å². The van der Waals surface area contributed by atoms with Crippen LogP contribution in [0.25, 0.3) is 17.2 Å². The number of fused-ring (bicyclic) bond motifs is 3. The van der Waals surface area contributed by atoms with Gasteiger partial charge in [-0.05, 0) is 28.7 Å². The van der Waals surface area contributed by atoms with Crippen LogP contribution in [0.4, 0.5) is 4.79 Å². The van der Waals surface area contributed by atoms with Crippen LogP contribution in [0.3, 0.4) is 0 Å². The second kappa shape index (κ2) is 8.48. The fraction of sp³-hybridized carbons (Fsp3) is 0.174. The lowest BCUT2D eigenvalue weighted by Gasteiger charge is -2.14. The second-order valence-corrected chi connectivity index (χ2v) is 6.62. The topological polar surface area (TPSA) is 64.1 Å². The first-order chi connectivity index (χ1) is 13.8. The molecule has 5 heteroatoms. The van der Waals surface area contributed by atoms with Crippen LogP contribution in [0, 0.1) is 0 Å². The van der Waals surface area contributed by atoms with Gasteiger partial charge in [-0.2, -0.15) is 0 Å². The SMILES string of the molecule is O=C(NCCC=Cc1cncnc1)OCC1c2ccccc2-c2ccccc21. The maximum absolute atomic E-state index is 12.1. The number of carbonyl (C=O) groups excluding carboxylic acids is 1. The number of rotatable bonds is 6. The molecule has 28 heavy (non-hydrogen) atoms. The maximum atomic E-state index is 12.1. The molecule has 140 valence electrons. The molecule has 1 amide bonds. The summed E-state index contributed by atoms with van der Waals surface area (Å²) in [6.07, 6.45) is 9.19. The van der Waals surface area contributed by atoms with Gasteiger partial charge in [-0.15, -0.1) is 0 Å². The van der Waals surface area contributed by atoms with Crippen molar-refractivity contribution in [3.63, 3.8) is 0 Å². The number of alkyl carbamates (subject to hydrolysis) is 1. The van der Waals surface area contributed by atoms with Crippen molar-refractivity contribution in [1.82, 2.24) is 15.3 Å². The summed E-state index contributed by atoms with van der Waals surface area (Å²) in [5.74, 6) is 0.0797. The van der Waals surface area contributed by atoms with Gasteiger partial charge in [0.25, 0.3) is 0 Å². The minimum Gasteiger partial charge on any atom is -0.449 e. The smallest absolute Gasteiger partial charge is 0.407 e. The molecule has 0 saturated heterocycles. The number of hydrogen-bond donors (Lipinski definition) is 1. The standard InChI is InChI=1S/C23H21N3O2/c27-23(26-12-6-5-7-17-13-24-16-25-14-17)28-15-22-20-10-3-1-8-18(20)19-9-2-4-11-21(19)22/h1-5,7-11,13-14,16,22H,6,12,15H2,(H,26,27). The van der Waals surface area contributed by atoms with E-state index in [1.807, 2.05) is 36.4 Å². The Labute approximate surface area is 164 Å². The Kier molecular flexibility index (Phi) is 5.43. The molecular weight excluding hydrogens is 350 g/mol. The number of nitrogens with zero attached hydrogens (tertiary/aromatic N) is 2. The molecule has 0 fully saturated rings. The lowest BCUT2D eigenvalue weighted by atomic mass is 9.98. The average molecular weight is 371 g/mol. The highest BCUT2D eigenvalue weighted by Gasteiger charge is 2.28. The summed E-state index contributed by atoms with van der Waals surface area (Å²) in [4.78, 5) is 20.0. The number of amides is 1. The van der Waals surface area contributed by atoms with Crippen LogP contribution in [-0.4, -0.2) is 29.2 Å². The zero-order valence-corrected chi connectivity index (χ0v) is 15.4. The van der Waals surface area contributed by atoms with Crippen molar-refractivity contribution < 1.29 is 9.53 Å². The van der Waals surface area contributed by atoms with E-state index in [4.69, 9.17) is 4.74 Å². The normalized spacial score (nSPS) is 12.6. The molecule has 3 aromatic rings. The largest absolute Gasteiger partial charge is 0.449 e. The summed E-state index contributed by atoms with van der Waals surface area (Å²) in [6, 6.07) is 16.6. The Morgan fingerprint density at radius 2 is 1.64 bits per heavy atom. The number of hydrogen-bond acceptors (Lipinski definition) is 4. The van der Waals surface area contributed by atoms with E-state index in [2.05, 4.69) is 39.6 Å². The number of nitrogens with one attached hydrogen (secondary N) is 1. The first-order valence-electron chi connectivity index (χ1n) is 9.33. The number of carbonyl (C=O) groups is 1. The van der Waals surface area contributed by atoms with E-state index in [1.165, 1.54) is 28.6 Å². The van der Waals surface area contributed by atoms with Crippen molar-refractivity contribution in [1.29, 1.82) is 0 Å². The van der Waals surface area contributed by atoms with Gasteiger partial charge in [0.1, 0.15) is 12.9 Å². The summed E-state index contributed by atoms with van der Waals surface area (Å²) in [7, 11) is 0. The Morgan fingerprint density at radius 1 is 1.00 bits per heavy atom. The lowest BCUT2D eigenvalue weighted by Crippen LogP contribution is -2.26. The first-order valence-corrected chi connectivity index (χ1v) is 9.33. The quantitative estimate of drug-likeness (QED) is 0.652. The van der Waals surface area contributed by atoms with Gasteiger partial charge in [-0.3, -0.25) is 0 Å². The second-order valence-electron chi connectivity index (χ2n) is 6.62. The molecule has 0 spiro atoms. The lowest BCUT2D eigenvalue weighted by molar-refractivity contribution is 0.143. The Balaban J connectivity index is 1.29. The van der Waals surface area contributed by atoms with Crippen molar-refractivity contribution in [3.05, 3.63) is 90.0 Å². The number of aromatic nitrogens is 2. The van der Waals surface area contributed by atoms with Crippen molar-refractivity contribution in [2.45, 2.75) is 12.3 Å². The van der Waals surface area contributed by atoms with Crippen molar-refractivity contribution >= 4 is 12.2 Å². The Bertz CT molecular complexity index is 940. The minimum atomic E-state index is -0.390. The van der Waals surface area contributed by atoms with Crippen LogP contribution in [0.1, 0.15) is 29.0 Å². The third-order valence-corrected chi connectivity index (χ3v) is 4.81. The fourth-order valence-electron chi connectivity index (χ4n) is 3.52. The number of benzene rings is 2. The van der Waals surface area contributed by atoms with Crippen molar-refractivity contribution in [2.75, 3.05) is 13.2 Å². The molecule has 1 heterocycles.